The number of benzene rings is 2. The number of carbonyl (C=O) groups excluding carboxylic acids is 4. The van der Waals surface area contributed by atoms with Gasteiger partial charge in [0, 0.05) is 18.2 Å². The second-order valence-electron chi connectivity index (χ2n) is 8.20. The highest BCUT2D eigenvalue weighted by atomic mass is 16.6. The van der Waals surface area contributed by atoms with Crippen molar-refractivity contribution >= 4 is 29.8 Å². The molecule has 3 rings (SSSR count). The summed E-state index contributed by atoms with van der Waals surface area (Å²) in [5.41, 5.74) is 1.74. The van der Waals surface area contributed by atoms with Crippen LogP contribution in [0.5, 0.6) is 17.2 Å². The van der Waals surface area contributed by atoms with E-state index < -0.39 is 18.5 Å². The maximum absolute atomic E-state index is 12.3. The Labute approximate surface area is 225 Å². The Morgan fingerprint density at radius 1 is 0.923 bits per heavy atom. The van der Waals surface area contributed by atoms with Crippen LogP contribution in [0.4, 0.5) is 0 Å². The summed E-state index contributed by atoms with van der Waals surface area (Å²) in [4.78, 5) is 48.0. The topological polar surface area (TPSA) is 129 Å². The van der Waals surface area contributed by atoms with E-state index in [0.717, 1.165) is 16.0 Å². The molecular formula is C29H29NO9. The lowest BCUT2D eigenvalue weighted by atomic mass is 10.0. The minimum Gasteiger partial charge on any atom is -0.492 e. The van der Waals surface area contributed by atoms with E-state index in [1.165, 1.54) is 18.2 Å². The van der Waals surface area contributed by atoms with Gasteiger partial charge in [-0.1, -0.05) is 19.6 Å². The normalized spacial score (nSPS) is 12.6. The SMILES string of the molecule is C=C(CO)C(=O)OCCOc1ccc(/C=C/C(=O)Oc2ccc(OCCN3C(=O)C=CC3=O)cc2)c(CC)c1. The largest absolute Gasteiger partial charge is 0.492 e. The van der Waals surface area contributed by atoms with Crippen LogP contribution in [0.3, 0.4) is 0 Å². The number of ether oxygens (including phenoxy) is 4. The summed E-state index contributed by atoms with van der Waals surface area (Å²) in [5, 5.41) is 8.86. The zero-order valence-corrected chi connectivity index (χ0v) is 21.5. The molecule has 10 heteroatoms. The first-order valence-corrected chi connectivity index (χ1v) is 12.2. The zero-order chi connectivity index (χ0) is 28.2. The third-order valence-corrected chi connectivity index (χ3v) is 5.49. The number of hydrogen-bond donors (Lipinski definition) is 1. The molecular weight excluding hydrogens is 506 g/mol. The van der Waals surface area contributed by atoms with Crippen molar-refractivity contribution in [1.29, 1.82) is 0 Å². The van der Waals surface area contributed by atoms with Crippen molar-refractivity contribution < 1.29 is 43.2 Å². The highest BCUT2D eigenvalue weighted by Crippen LogP contribution is 2.21. The Balaban J connectivity index is 1.45. The Hall–Kier alpha value is -4.70. The second-order valence-corrected chi connectivity index (χ2v) is 8.20. The highest BCUT2D eigenvalue weighted by molar-refractivity contribution is 6.12. The first kappa shape index (κ1) is 28.9. The molecule has 0 saturated heterocycles. The highest BCUT2D eigenvalue weighted by Gasteiger charge is 2.22. The van der Waals surface area contributed by atoms with E-state index in [2.05, 4.69) is 6.58 Å². The molecule has 0 aliphatic carbocycles. The van der Waals surface area contributed by atoms with Gasteiger partial charge < -0.3 is 24.1 Å². The molecule has 1 N–H and O–H groups in total. The van der Waals surface area contributed by atoms with Gasteiger partial charge in [0.25, 0.3) is 11.8 Å². The van der Waals surface area contributed by atoms with E-state index in [4.69, 9.17) is 24.1 Å². The summed E-state index contributed by atoms with van der Waals surface area (Å²) in [7, 11) is 0. The molecule has 39 heavy (non-hydrogen) atoms. The lowest BCUT2D eigenvalue weighted by Crippen LogP contribution is -2.33. The van der Waals surface area contributed by atoms with E-state index >= 15 is 0 Å². The minimum absolute atomic E-state index is 0.0121. The summed E-state index contributed by atoms with van der Waals surface area (Å²) < 4.78 is 21.4. The van der Waals surface area contributed by atoms with E-state index in [-0.39, 0.29) is 43.8 Å². The Kier molecular flexibility index (Phi) is 10.6. The molecule has 2 amide bonds. The van der Waals surface area contributed by atoms with Crippen LogP contribution in [-0.4, -0.2) is 66.7 Å². The van der Waals surface area contributed by atoms with Crippen molar-refractivity contribution in [2.75, 3.05) is 33.0 Å². The molecule has 0 saturated carbocycles. The number of rotatable bonds is 14. The fourth-order valence-electron chi connectivity index (χ4n) is 3.42. The fourth-order valence-corrected chi connectivity index (χ4v) is 3.42. The van der Waals surface area contributed by atoms with Crippen LogP contribution in [0.25, 0.3) is 6.08 Å². The molecule has 2 aromatic carbocycles. The van der Waals surface area contributed by atoms with E-state index in [9.17, 15) is 19.2 Å². The van der Waals surface area contributed by atoms with Crippen LogP contribution < -0.4 is 14.2 Å². The number of esters is 2. The van der Waals surface area contributed by atoms with Gasteiger partial charge in [-0.05, 0) is 60.0 Å². The van der Waals surface area contributed by atoms with Gasteiger partial charge in [-0.25, -0.2) is 9.59 Å². The van der Waals surface area contributed by atoms with Gasteiger partial charge in [0.05, 0.1) is 18.7 Å². The van der Waals surface area contributed by atoms with Crippen molar-refractivity contribution in [3.63, 3.8) is 0 Å². The molecule has 0 radical (unpaired) electrons. The molecule has 204 valence electrons. The number of aryl methyl sites for hydroxylation is 1. The number of amides is 2. The molecule has 0 fully saturated rings. The minimum atomic E-state index is -0.671. The lowest BCUT2D eigenvalue weighted by Gasteiger charge is -2.14. The average Bonchev–Trinajstić information content (AvgIpc) is 3.27. The van der Waals surface area contributed by atoms with Crippen LogP contribution in [0.15, 0.2) is 72.8 Å². The molecule has 0 spiro atoms. The van der Waals surface area contributed by atoms with Crippen molar-refractivity contribution in [3.05, 3.63) is 84.0 Å². The smallest absolute Gasteiger partial charge is 0.336 e. The van der Waals surface area contributed by atoms with Crippen LogP contribution >= 0.6 is 0 Å². The maximum Gasteiger partial charge on any atom is 0.336 e. The van der Waals surface area contributed by atoms with Crippen molar-refractivity contribution in [1.82, 2.24) is 4.90 Å². The molecule has 1 heterocycles. The number of carbonyl (C=O) groups is 4. The number of aliphatic hydroxyl groups is 1. The van der Waals surface area contributed by atoms with Gasteiger partial charge in [-0.2, -0.15) is 0 Å². The lowest BCUT2D eigenvalue weighted by molar-refractivity contribution is -0.140. The Morgan fingerprint density at radius 3 is 2.23 bits per heavy atom. The average molecular weight is 536 g/mol. The standard InChI is InChI=1S/C29H29NO9/c1-3-21-18-25(37-16-17-38-29(35)20(2)19-31)6-4-22(21)5-13-28(34)39-24-9-7-23(8-10-24)36-15-14-30-26(32)11-12-27(30)33/h4-13,18,31H,2-3,14-17,19H2,1H3/b13-5+. The van der Waals surface area contributed by atoms with Crippen LogP contribution in [0.2, 0.25) is 0 Å². The van der Waals surface area contributed by atoms with Gasteiger partial charge in [0.15, 0.2) is 0 Å². The summed E-state index contributed by atoms with van der Waals surface area (Å²) >= 11 is 0. The predicted molar refractivity (Wildman–Crippen MR) is 141 cm³/mol. The molecule has 1 aliphatic heterocycles. The van der Waals surface area contributed by atoms with Crippen molar-refractivity contribution in [2.45, 2.75) is 13.3 Å². The van der Waals surface area contributed by atoms with Crippen LogP contribution in [0.1, 0.15) is 18.1 Å². The van der Waals surface area contributed by atoms with Crippen molar-refractivity contribution in [3.8, 4) is 17.2 Å². The fraction of sp³-hybridized carbons (Fsp3) is 0.241. The van der Waals surface area contributed by atoms with Gasteiger partial charge in [0.2, 0.25) is 0 Å². The third-order valence-electron chi connectivity index (χ3n) is 5.49. The van der Waals surface area contributed by atoms with Crippen LogP contribution in [-0.2, 0) is 30.3 Å². The zero-order valence-electron chi connectivity index (χ0n) is 21.5. The first-order valence-electron chi connectivity index (χ1n) is 12.2. The van der Waals surface area contributed by atoms with Crippen molar-refractivity contribution in [2.24, 2.45) is 0 Å². The van der Waals surface area contributed by atoms with E-state index in [1.807, 2.05) is 19.1 Å². The maximum atomic E-state index is 12.3. The van der Waals surface area contributed by atoms with E-state index in [0.29, 0.717) is 23.7 Å². The quantitative estimate of drug-likeness (QED) is 0.128. The van der Waals surface area contributed by atoms with Crippen LogP contribution in [0, 0.1) is 0 Å². The second kappa shape index (κ2) is 14.3. The van der Waals surface area contributed by atoms with Gasteiger partial charge in [-0.3, -0.25) is 14.5 Å². The summed E-state index contributed by atoms with van der Waals surface area (Å²) in [6.07, 6.45) is 6.11. The predicted octanol–water partition coefficient (Wildman–Crippen LogP) is 2.64. The summed E-state index contributed by atoms with van der Waals surface area (Å²) in [6.45, 7) is 5.32. The van der Waals surface area contributed by atoms with E-state index in [1.54, 1.807) is 36.4 Å². The molecule has 0 aromatic heterocycles. The molecule has 2 aromatic rings. The molecule has 10 nitrogen and oxygen atoms in total. The summed E-state index contributed by atoms with van der Waals surface area (Å²) in [6, 6.07) is 11.8. The third kappa shape index (κ3) is 8.68. The molecule has 0 atom stereocenters. The Morgan fingerprint density at radius 2 is 1.56 bits per heavy atom. The monoisotopic (exact) mass is 535 g/mol. The number of nitrogens with zero attached hydrogens (tertiary/aromatic N) is 1. The molecule has 0 bridgehead atoms. The number of hydrogen-bond acceptors (Lipinski definition) is 9. The summed E-state index contributed by atoms with van der Waals surface area (Å²) in [5.74, 6) is -0.546. The molecule has 1 aliphatic rings. The first-order chi connectivity index (χ1) is 18.8. The molecule has 0 unspecified atom stereocenters. The Bertz CT molecular complexity index is 1260. The number of imide groups is 1. The number of aliphatic hydroxyl groups excluding tert-OH is 1. The van der Waals surface area contributed by atoms with Gasteiger partial charge >= 0.3 is 11.9 Å². The van der Waals surface area contributed by atoms with Gasteiger partial charge in [-0.15, -0.1) is 0 Å². The van der Waals surface area contributed by atoms with Gasteiger partial charge in [0.1, 0.15) is 37.1 Å².